The molecule has 0 saturated carbocycles. The first-order valence-corrected chi connectivity index (χ1v) is 2.95. The Kier molecular flexibility index (Phi) is 3.72. The fourth-order valence-electron chi connectivity index (χ4n) is 0.576. The third-order valence-electron chi connectivity index (χ3n) is 1.16. The highest BCUT2D eigenvalue weighted by atomic mass is 16.4. The van der Waals surface area contributed by atoms with Crippen LogP contribution in [-0.2, 0) is 4.79 Å². The van der Waals surface area contributed by atoms with Crippen molar-refractivity contribution in [3.8, 4) is 18.4 Å². The molecule has 0 aliphatic heterocycles. The lowest BCUT2D eigenvalue weighted by Gasteiger charge is -2.08. The minimum Gasteiger partial charge on any atom is -0.481 e. The van der Waals surface area contributed by atoms with Gasteiger partial charge in [0.2, 0.25) is 0 Å². The van der Waals surface area contributed by atoms with Gasteiger partial charge in [-0.1, -0.05) is 5.92 Å². The average molecular weight is 152 g/mol. The molecule has 0 aliphatic carbocycles. The number of hydrogen-bond acceptors (Lipinski definition) is 3. The fourth-order valence-corrected chi connectivity index (χ4v) is 0.576. The van der Waals surface area contributed by atoms with E-state index in [0.717, 1.165) is 0 Å². The number of carboxylic acid groups (broad SMARTS) is 1. The molecule has 0 saturated heterocycles. The summed E-state index contributed by atoms with van der Waals surface area (Å²) in [4.78, 5) is 10.1. The Morgan fingerprint density at radius 3 is 2.64 bits per heavy atom. The highest BCUT2D eigenvalue weighted by Gasteiger charge is 2.17. The Morgan fingerprint density at radius 1 is 1.82 bits per heavy atom. The molecule has 0 bridgehead atoms. The van der Waals surface area contributed by atoms with E-state index in [1.54, 1.807) is 6.07 Å². The van der Waals surface area contributed by atoms with Crippen LogP contribution in [0.3, 0.4) is 0 Å². The summed E-state index contributed by atoms with van der Waals surface area (Å²) in [7, 11) is 0. The molecule has 3 N–H and O–H groups in total. The summed E-state index contributed by atoms with van der Waals surface area (Å²) < 4.78 is 0. The van der Waals surface area contributed by atoms with Gasteiger partial charge in [0.15, 0.2) is 0 Å². The van der Waals surface area contributed by atoms with Gasteiger partial charge in [-0.25, -0.2) is 0 Å². The molecule has 4 heteroatoms. The highest BCUT2D eigenvalue weighted by molar-refractivity contribution is 5.67. The Balaban J connectivity index is 4.04. The maximum atomic E-state index is 10.1. The van der Waals surface area contributed by atoms with Gasteiger partial charge in [0, 0.05) is 6.04 Å². The number of hydrogen-bond donors (Lipinski definition) is 2. The second kappa shape index (κ2) is 4.32. The standard InChI is InChI=1S/C7H8N2O2/c1-2-5(4-8)6(9)3-7(10)11/h1,5-6H,3,9H2,(H,10,11)/t5-,6-/m0/s1. The van der Waals surface area contributed by atoms with Crippen LogP contribution in [0.4, 0.5) is 0 Å². The normalized spacial score (nSPS) is 14.1. The van der Waals surface area contributed by atoms with Crippen molar-refractivity contribution >= 4 is 5.97 Å². The molecular formula is C7H8N2O2. The maximum absolute atomic E-state index is 10.1. The zero-order valence-corrected chi connectivity index (χ0v) is 5.82. The molecule has 0 heterocycles. The van der Waals surface area contributed by atoms with E-state index < -0.39 is 17.9 Å². The molecule has 0 aromatic rings. The maximum Gasteiger partial charge on any atom is 0.305 e. The van der Waals surface area contributed by atoms with Crippen LogP contribution in [0.1, 0.15) is 6.42 Å². The minimum atomic E-state index is -1.05. The van der Waals surface area contributed by atoms with Crippen molar-refractivity contribution in [2.75, 3.05) is 0 Å². The van der Waals surface area contributed by atoms with E-state index >= 15 is 0 Å². The predicted molar refractivity (Wildman–Crippen MR) is 38.2 cm³/mol. The summed E-state index contributed by atoms with van der Waals surface area (Å²) in [5.74, 6) is 0.245. The number of aliphatic carboxylic acids is 1. The third kappa shape index (κ3) is 3.24. The summed E-state index contributed by atoms with van der Waals surface area (Å²) in [6.07, 6.45) is 4.64. The smallest absolute Gasteiger partial charge is 0.305 e. The summed E-state index contributed by atoms with van der Waals surface area (Å²) in [6.45, 7) is 0. The van der Waals surface area contributed by atoms with Gasteiger partial charge in [0.05, 0.1) is 12.5 Å². The zero-order valence-electron chi connectivity index (χ0n) is 5.82. The number of rotatable bonds is 3. The second-order valence-electron chi connectivity index (χ2n) is 2.04. The first kappa shape index (κ1) is 9.48. The van der Waals surface area contributed by atoms with E-state index in [0.29, 0.717) is 0 Å². The molecule has 2 atom stereocenters. The van der Waals surface area contributed by atoms with Crippen LogP contribution >= 0.6 is 0 Å². The van der Waals surface area contributed by atoms with Crippen LogP contribution in [0.5, 0.6) is 0 Å². The topological polar surface area (TPSA) is 87.1 Å². The monoisotopic (exact) mass is 152 g/mol. The number of carbonyl (C=O) groups is 1. The molecule has 0 fully saturated rings. The molecule has 0 rings (SSSR count). The average Bonchev–Trinajstić information content (AvgIpc) is 1.88. The van der Waals surface area contributed by atoms with Crippen LogP contribution in [0, 0.1) is 29.6 Å². The lowest BCUT2D eigenvalue weighted by molar-refractivity contribution is -0.137. The van der Waals surface area contributed by atoms with Crippen LogP contribution in [0.2, 0.25) is 0 Å². The number of nitriles is 1. The Hall–Kier alpha value is -1.52. The molecule has 58 valence electrons. The van der Waals surface area contributed by atoms with Crippen molar-refractivity contribution in [1.82, 2.24) is 0 Å². The van der Waals surface area contributed by atoms with E-state index in [-0.39, 0.29) is 6.42 Å². The fraction of sp³-hybridized carbons (Fsp3) is 0.429. The molecule has 0 aromatic heterocycles. The van der Waals surface area contributed by atoms with E-state index in [2.05, 4.69) is 5.92 Å². The van der Waals surface area contributed by atoms with Crippen LogP contribution in [0.15, 0.2) is 0 Å². The molecule has 0 radical (unpaired) electrons. The van der Waals surface area contributed by atoms with Crippen molar-refractivity contribution in [1.29, 1.82) is 5.26 Å². The molecule has 4 nitrogen and oxygen atoms in total. The minimum absolute atomic E-state index is 0.275. The summed E-state index contributed by atoms with van der Waals surface area (Å²) in [5, 5.41) is 16.6. The Morgan fingerprint density at radius 2 is 2.36 bits per heavy atom. The van der Waals surface area contributed by atoms with Gasteiger partial charge in [-0.3, -0.25) is 4.79 Å². The molecule has 0 aliphatic rings. The van der Waals surface area contributed by atoms with E-state index in [4.69, 9.17) is 22.5 Å². The largest absolute Gasteiger partial charge is 0.481 e. The number of nitrogens with zero attached hydrogens (tertiary/aromatic N) is 1. The first-order chi connectivity index (χ1) is 5.11. The predicted octanol–water partition coefficient (Wildman–Crippen LogP) is -0.439. The van der Waals surface area contributed by atoms with E-state index in [1.807, 2.05) is 0 Å². The van der Waals surface area contributed by atoms with Gasteiger partial charge in [-0.15, -0.1) is 6.42 Å². The van der Waals surface area contributed by atoms with Gasteiger partial charge < -0.3 is 10.8 Å². The van der Waals surface area contributed by atoms with Crippen LogP contribution < -0.4 is 5.73 Å². The molecule has 0 spiro atoms. The molecule has 0 amide bonds. The lowest BCUT2D eigenvalue weighted by Crippen LogP contribution is -2.30. The van der Waals surface area contributed by atoms with Gasteiger partial charge in [0.25, 0.3) is 0 Å². The third-order valence-corrected chi connectivity index (χ3v) is 1.16. The van der Waals surface area contributed by atoms with Crippen LogP contribution in [-0.4, -0.2) is 17.1 Å². The number of carboxylic acids is 1. The van der Waals surface area contributed by atoms with Gasteiger partial charge in [-0.2, -0.15) is 5.26 Å². The number of nitrogens with two attached hydrogens (primary N) is 1. The molecule has 0 aromatic carbocycles. The molecular weight excluding hydrogens is 144 g/mol. The van der Waals surface area contributed by atoms with Crippen molar-refractivity contribution in [2.24, 2.45) is 11.7 Å². The van der Waals surface area contributed by atoms with Crippen molar-refractivity contribution in [2.45, 2.75) is 12.5 Å². The lowest BCUT2D eigenvalue weighted by atomic mass is 10.0. The SMILES string of the molecule is C#C[C@@H](C#N)[C@@H](N)CC(=O)O. The molecule has 0 unspecified atom stereocenters. The van der Waals surface area contributed by atoms with Gasteiger partial charge >= 0.3 is 5.97 Å². The Bertz CT molecular complexity index is 210. The summed E-state index contributed by atoms with van der Waals surface area (Å²) in [6, 6.07) is 0.957. The van der Waals surface area contributed by atoms with Crippen molar-refractivity contribution in [3.63, 3.8) is 0 Å². The first-order valence-electron chi connectivity index (χ1n) is 2.95. The Labute approximate surface area is 64.6 Å². The second-order valence-corrected chi connectivity index (χ2v) is 2.04. The quantitative estimate of drug-likeness (QED) is 0.537. The summed E-state index contributed by atoms with van der Waals surface area (Å²) in [5.41, 5.74) is 5.29. The van der Waals surface area contributed by atoms with Gasteiger partial charge in [-0.05, 0) is 0 Å². The zero-order chi connectivity index (χ0) is 8.85. The summed E-state index contributed by atoms with van der Waals surface area (Å²) >= 11 is 0. The van der Waals surface area contributed by atoms with Crippen molar-refractivity contribution < 1.29 is 9.90 Å². The molecule has 11 heavy (non-hydrogen) atoms. The van der Waals surface area contributed by atoms with E-state index in [1.165, 1.54) is 0 Å². The van der Waals surface area contributed by atoms with Crippen LogP contribution in [0.25, 0.3) is 0 Å². The van der Waals surface area contributed by atoms with Crippen molar-refractivity contribution in [3.05, 3.63) is 0 Å². The van der Waals surface area contributed by atoms with Gasteiger partial charge in [0.1, 0.15) is 5.92 Å². The van der Waals surface area contributed by atoms with E-state index in [9.17, 15) is 4.79 Å². The highest BCUT2D eigenvalue weighted by Crippen LogP contribution is 2.01. The number of terminal acetylenes is 1.